The zero-order chi connectivity index (χ0) is 14.1. The average Bonchev–Trinajstić information content (AvgIpc) is 3.00. The molecule has 1 aliphatic carbocycles. The lowest BCUT2D eigenvalue weighted by molar-refractivity contribution is 0.357. The molecule has 0 unspecified atom stereocenters. The number of aromatic nitrogens is 2. The molecule has 1 aliphatic rings. The van der Waals surface area contributed by atoms with Gasteiger partial charge in [0, 0.05) is 19.3 Å². The van der Waals surface area contributed by atoms with Crippen molar-refractivity contribution in [3.8, 4) is 0 Å². The van der Waals surface area contributed by atoms with Gasteiger partial charge in [0.25, 0.3) is 0 Å². The van der Waals surface area contributed by atoms with Crippen LogP contribution in [0, 0.1) is 11.3 Å². The molecule has 0 radical (unpaired) electrons. The Bertz CT molecular complexity index is 532. The van der Waals surface area contributed by atoms with Crippen LogP contribution in [0.5, 0.6) is 0 Å². The molecule has 2 rings (SSSR count). The SMILES string of the molecule is CC(C)C1(CNS(=O)(=O)c2cnn(CCN)c2)CC1. The van der Waals surface area contributed by atoms with Crippen molar-refractivity contribution in [2.45, 2.75) is 38.1 Å². The van der Waals surface area contributed by atoms with Gasteiger partial charge in [-0.25, -0.2) is 13.1 Å². The van der Waals surface area contributed by atoms with Crippen LogP contribution >= 0.6 is 0 Å². The van der Waals surface area contributed by atoms with Crippen molar-refractivity contribution < 1.29 is 8.42 Å². The summed E-state index contributed by atoms with van der Waals surface area (Å²) < 4.78 is 28.6. The molecule has 1 heterocycles. The molecule has 108 valence electrons. The first-order valence-corrected chi connectivity index (χ1v) is 8.10. The quantitative estimate of drug-likeness (QED) is 0.766. The Morgan fingerprint density at radius 2 is 2.21 bits per heavy atom. The molecule has 1 aromatic heterocycles. The van der Waals surface area contributed by atoms with Crippen LogP contribution in [-0.2, 0) is 16.6 Å². The summed E-state index contributed by atoms with van der Waals surface area (Å²) in [6, 6.07) is 0. The van der Waals surface area contributed by atoms with E-state index in [2.05, 4.69) is 23.7 Å². The fourth-order valence-corrected chi connectivity index (χ4v) is 3.27. The molecule has 7 heteroatoms. The Balaban J connectivity index is 2.01. The summed E-state index contributed by atoms with van der Waals surface area (Å²) in [6.07, 6.45) is 5.08. The molecular formula is C12H22N4O2S. The van der Waals surface area contributed by atoms with Gasteiger partial charge in [-0.15, -0.1) is 0 Å². The lowest BCUT2D eigenvalue weighted by Gasteiger charge is -2.19. The second kappa shape index (κ2) is 5.22. The van der Waals surface area contributed by atoms with Crippen molar-refractivity contribution in [1.29, 1.82) is 0 Å². The topological polar surface area (TPSA) is 90.0 Å². The number of sulfonamides is 1. The molecule has 1 fully saturated rings. The van der Waals surface area contributed by atoms with Crippen LogP contribution in [0.15, 0.2) is 17.3 Å². The van der Waals surface area contributed by atoms with Gasteiger partial charge in [0.15, 0.2) is 0 Å². The van der Waals surface area contributed by atoms with E-state index >= 15 is 0 Å². The summed E-state index contributed by atoms with van der Waals surface area (Å²) in [5.74, 6) is 0.496. The number of nitrogens with two attached hydrogens (primary N) is 1. The highest BCUT2D eigenvalue weighted by molar-refractivity contribution is 7.89. The summed E-state index contributed by atoms with van der Waals surface area (Å²) in [7, 11) is -3.46. The maximum atomic E-state index is 12.2. The van der Waals surface area contributed by atoms with Crippen LogP contribution in [0.25, 0.3) is 0 Å². The zero-order valence-electron chi connectivity index (χ0n) is 11.5. The molecule has 0 amide bonds. The molecule has 6 nitrogen and oxygen atoms in total. The van der Waals surface area contributed by atoms with Gasteiger partial charge in [0.2, 0.25) is 10.0 Å². The summed E-state index contributed by atoms with van der Waals surface area (Å²) in [4.78, 5) is 0.209. The van der Waals surface area contributed by atoms with E-state index in [1.165, 1.54) is 12.4 Å². The van der Waals surface area contributed by atoms with Gasteiger partial charge >= 0.3 is 0 Å². The van der Waals surface area contributed by atoms with Crippen molar-refractivity contribution in [3.63, 3.8) is 0 Å². The van der Waals surface area contributed by atoms with E-state index in [4.69, 9.17) is 5.73 Å². The standard InChI is InChI=1S/C12H22N4O2S/c1-10(2)12(3-4-12)9-15-19(17,18)11-7-14-16(8-11)6-5-13/h7-8,10,15H,3-6,9,13H2,1-2H3. The Kier molecular flexibility index (Phi) is 3.98. The Morgan fingerprint density at radius 3 is 2.74 bits per heavy atom. The third-order valence-electron chi connectivity index (χ3n) is 4.01. The van der Waals surface area contributed by atoms with Gasteiger partial charge in [0.1, 0.15) is 4.90 Å². The van der Waals surface area contributed by atoms with Crippen LogP contribution in [0.1, 0.15) is 26.7 Å². The number of hydrogen-bond donors (Lipinski definition) is 2. The van der Waals surface area contributed by atoms with Crippen molar-refractivity contribution in [2.24, 2.45) is 17.1 Å². The largest absolute Gasteiger partial charge is 0.329 e. The molecule has 3 N–H and O–H groups in total. The van der Waals surface area contributed by atoms with E-state index in [9.17, 15) is 8.42 Å². The van der Waals surface area contributed by atoms with Crippen LogP contribution in [-0.4, -0.2) is 31.3 Å². The Morgan fingerprint density at radius 1 is 1.53 bits per heavy atom. The molecule has 0 aromatic carbocycles. The summed E-state index contributed by atoms with van der Waals surface area (Å²) in [6.45, 7) is 5.74. The third kappa shape index (κ3) is 3.16. The number of nitrogens with one attached hydrogen (secondary N) is 1. The molecule has 1 saturated carbocycles. The fraction of sp³-hybridized carbons (Fsp3) is 0.750. The van der Waals surface area contributed by atoms with Crippen LogP contribution in [0.3, 0.4) is 0 Å². The van der Waals surface area contributed by atoms with Crippen LogP contribution in [0.4, 0.5) is 0 Å². The van der Waals surface area contributed by atoms with Crippen molar-refractivity contribution in [3.05, 3.63) is 12.4 Å². The molecule has 0 atom stereocenters. The van der Waals surface area contributed by atoms with Crippen molar-refractivity contribution in [2.75, 3.05) is 13.1 Å². The number of nitrogens with zero attached hydrogens (tertiary/aromatic N) is 2. The minimum absolute atomic E-state index is 0.153. The van der Waals surface area contributed by atoms with Crippen molar-refractivity contribution >= 4 is 10.0 Å². The van der Waals surface area contributed by atoms with E-state index in [0.29, 0.717) is 25.6 Å². The maximum absolute atomic E-state index is 12.2. The van der Waals surface area contributed by atoms with Crippen LogP contribution < -0.4 is 10.5 Å². The average molecular weight is 286 g/mol. The predicted molar refractivity (Wildman–Crippen MR) is 73.0 cm³/mol. The highest BCUT2D eigenvalue weighted by Crippen LogP contribution is 2.51. The van der Waals surface area contributed by atoms with E-state index in [1.807, 2.05) is 0 Å². The highest BCUT2D eigenvalue weighted by Gasteiger charge is 2.45. The zero-order valence-corrected chi connectivity index (χ0v) is 12.3. The van der Waals surface area contributed by atoms with E-state index in [0.717, 1.165) is 12.8 Å². The van der Waals surface area contributed by atoms with Crippen molar-refractivity contribution in [1.82, 2.24) is 14.5 Å². The first-order valence-electron chi connectivity index (χ1n) is 6.62. The number of rotatable bonds is 7. The second-order valence-corrected chi connectivity index (χ2v) is 7.34. The molecule has 1 aromatic rings. The predicted octanol–water partition coefficient (Wildman–Crippen LogP) is 0.556. The first kappa shape index (κ1) is 14.5. The number of hydrogen-bond acceptors (Lipinski definition) is 4. The van der Waals surface area contributed by atoms with Gasteiger partial charge < -0.3 is 5.73 Å². The minimum Gasteiger partial charge on any atom is -0.329 e. The van der Waals surface area contributed by atoms with Crippen LogP contribution in [0.2, 0.25) is 0 Å². The molecule has 0 saturated heterocycles. The summed E-state index contributed by atoms with van der Waals surface area (Å²) in [5, 5.41) is 3.98. The lowest BCUT2D eigenvalue weighted by atomic mass is 9.93. The highest BCUT2D eigenvalue weighted by atomic mass is 32.2. The second-order valence-electron chi connectivity index (χ2n) is 5.57. The lowest BCUT2D eigenvalue weighted by Crippen LogP contribution is -2.32. The summed E-state index contributed by atoms with van der Waals surface area (Å²) >= 11 is 0. The molecule has 19 heavy (non-hydrogen) atoms. The van der Waals surface area contributed by atoms with Gasteiger partial charge in [-0.05, 0) is 24.2 Å². The Labute approximate surface area is 114 Å². The third-order valence-corrected chi connectivity index (χ3v) is 5.37. The molecule has 0 aliphatic heterocycles. The van der Waals surface area contributed by atoms with Gasteiger partial charge in [0.05, 0.1) is 12.7 Å². The maximum Gasteiger partial charge on any atom is 0.243 e. The van der Waals surface area contributed by atoms with E-state index in [1.54, 1.807) is 4.68 Å². The smallest absolute Gasteiger partial charge is 0.243 e. The Hall–Kier alpha value is -0.920. The fourth-order valence-electron chi connectivity index (χ4n) is 2.18. The van der Waals surface area contributed by atoms with Gasteiger partial charge in [-0.2, -0.15) is 5.10 Å². The normalized spacial score (nSPS) is 17.9. The monoisotopic (exact) mass is 286 g/mol. The molecular weight excluding hydrogens is 264 g/mol. The van der Waals surface area contributed by atoms with Gasteiger partial charge in [-0.3, -0.25) is 4.68 Å². The van der Waals surface area contributed by atoms with E-state index in [-0.39, 0.29) is 10.3 Å². The minimum atomic E-state index is -3.46. The molecule has 0 spiro atoms. The van der Waals surface area contributed by atoms with Gasteiger partial charge in [-0.1, -0.05) is 13.8 Å². The molecule has 0 bridgehead atoms. The summed E-state index contributed by atoms with van der Waals surface area (Å²) in [5.41, 5.74) is 5.56. The first-order chi connectivity index (χ1) is 8.89. The van der Waals surface area contributed by atoms with E-state index < -0.39 is 10.0 Å².